The maximum absolute atomic E-state index is 12.3. The Balaban J connectivity index is 1.54. The predicted molar refractivity (Wildman–Crippen MR) is 123 cm³/mol. The molecule has 4 rings (SSSR count). The van der Waals surface area contributed by atoms with E-state index in [4.69, 9.17) is 4.98 Å². The number of aromatic nitrogens is 1. The Bertz CT molecular complexity index is 1040. The molecule has 0 aliphatic heterocycles. The number of nitrogens with one attached hydrogen (secondary N) is 1. The van der Waals surface area contributed by atoms with Gasteiger partial charge in [0, 0.05) is 18.8 Å². The zero-order chi connectivity index (χ0) is 20.8. The summed E-state index contributed by atoms with van der Waals surface area (Å²) in [4.78, 5) is 18.6. The number of benzene rings is 3. The summed E-state index contributed by atoms with van der Waals surface area (Å²) >= 11 is 1.48. The molecular formula is C25H23N3OS. The highest BCUT2D eigenvalue weighted by Crippen LogP contribution is 2.29. The summed E-state index contributed by atoms with van der Waals surface area (Å²) in [5.41, 5.74) is 4.14. The molecule has 0 atom stereocenters. The highest BCUT2D eigenvalue weighted by molar-refractivity contribution is 7.14. The van der Waals surface area contributed by atoms with Crippen molar-refractivity contribution in [3.8, 4) is 0 Å². The molecule has 5 heteroatoms. The second-order valence-corrected chi connectivity index (χ2v) is 7.78. The lowest BCUT2D eigenvalue weighted by molar-refractivity contribution is -0.115. The minimum atomic E-state index is -0.0542. The van der Waals surface area contributed by atoms with Crippen molar-refractivity contribution >= 4 is 28.1 Å². The summed E-state index contributed by atoms with van der Waals surface area (Å²) in [6, 6.07) is 30.5. The fourth-order valence-corrected chi connectivity index (χ4v) is 4.30. The van der Waals surface area contributed by atoms with E-state index >= 15 is 0 Å². The third kappa shape index (κ3) is 4.64. The van der Waals surface area contributed by atoms with Gasteiger partial charge in [0.25, 0.3) is 0 Å². The summed E-state index contributed by atoms with van der Waals surface area (Å²) in [6.45, 7) is 2.17. The molecule has 1 N–H and O–H groups in total. The highest BCUT2D eigenvalue weighted by Gasteiger charge is 2.19. The Hall–Kier alpha value is -3.28. The van der Waals surface area contributed by atoms with E-state index in [0.29, 0.717) is 11.7 Å². The number of hydrogen-bond donors (Lipinski definition) is 1. The average Bonchev–Trinajstić information content (AvgIpc) is 3.24. The summed E-state index contributed by atoms with van der Waals surface area (Å²) in [5.74, 6) is -0.0542. The van der Waals surface area contributed by atoms with Gasteiger partial charge >= 0.3 is 0 Å². The van der Waals surface area contributed by atoms with Crippen LogP contribution in [-0.2, 0) is 11.3 Å². The van der Waals surface area contributed by atoms with Crippen LogP contribution < -0.4 is 10.2 Å². The summed E-state index contributed by atoms with van der Waals surface area (Å²) in [5, 5.41) is 6.32. The van der Waals surface area contributed by atoms with Crippen LogP contribution in [0.2, 0.25) is 0 Å². The van der Waals surface area contributed by atoms with E-state index in [1.165, 1.54) is 22.5 Å². The molecule has 1 heterocycles. The molecule has 150 valence electrons. The Kier molecular flexibility index (Phi) is 6.32. The zero-order valence-electron chi connectivity index (χ0n) is 16.7. The van der Waals surface area contributed by atoms with Crippen molar-refractivity contribution in [2.45, 2.75) is 19.5 Å². The lowest BCUT2D eigenvalue weighted by Crippen LogP contribution is -2.23. The fourth-order valence-electron chi connectivity index (χ4n) is 3.41. The Morgan fingerprint density at radius 1 is 0.900 bits per heavy atom. The van der Waals surface area contributed by atoms with Crippen LogP contribution in [0.3, 0.4) is 0 Å². The fraction of sp³-hybridized carbons (Fsp3) is 0.120. The number of carbonyl (C=O) groups excluding carboxylic acids is 1. The molecule has 0 saturated heterocycles. The molecule has 0 spiro atoms. The Labute approximate surface area is 180 Å². The van der Waals surface area contributed by atoms with E-state index in [9.17, 15) is 4.79 Å². The molecule has 0 unspecified atom stereocenters. The van der Waals surface area contributed by atoms with Crippen LogP contribution in [0.1, 0.15) is 29.8 Å². The van der Waals surface area contributed by atoms with E-state index in [2.05, 4.69) is 53.8 Å². The Morgan fingerprint density at radius 3 is 1.97 bits per heavy atom. The van der Waals surface area contributed by atoms with E-state index < -0.39 is 0 Å². The van der Waals surface area contributed by atoms with Crippen molar-refractivity contribution in [3.63, 3.8) is 0 Å². The molecule has 30 heavy (non-hydrogen) atoms. The van der Waals surface area contributed by atoms with Gasteiger partial charge in [0.15, 0.2) is 5.13 Å². The topological polar surface area (TPSA) is 45.2 Å². The van der Waals surface area contributed by atoms with E-state index in [0.717, 1.165) is 11.4 Å². The number of rotatable bonds is 7. The quantitative estimate of drug-likeness (QED) is 0.422. The van der Waals surface area contributed by atoms with E-state index in [1.807, 2.05) is 47.8 Å². The third-order valence-corrected chi connectivity index (χ3v) is 5.69. The number of nitrogens with zero attached hydrogens (tertiary/aromatic N) is 2. The average molecular weight is 414 g/mol. The van der Waals surface area contributed by atoms with Crippen LogP contribution in [0.4, 0.5) is 10.8 Å². The van der Waals surface area contributed by atoms with Gasteiger partial charge in [-0.3, -0.25) is 9.69 Å². The van der Waals surface area contributed by atoms with E-state index in [-0.39, 0.29) is 11.9 Å². The van der Waals surface area contributed by atoms with Crippen molar-refractivity contribution in [2.75, 3.05) is 4.90 Å². The number of anilines is 2. The molecule has 0 radical (unpaired) electrons. The van der Waals surface area contributed by atoms with Gasteiger partial charge < -0.3 is 5.32 Å². The molecule has 0 aliphatic rings. The lowest BCUT2D eigenvalue weighted by atomic mass is 9.99. The standard InChI is InChI=1S/C25H23N3OS/c1-19(29)28(23-15-9-4-10-16-23)25-27-22(18-30-25)17-26-24(20-11-5-2-6-12-20)21-13-7-3-8-14-21/h2-16,18,24,26H,17H2,1H3. The highest BCUT2D eigenvalue weighted by atomic mass is 32.1. The number of thiazole rings is 1. The predicted octanol–water partition coefficient (Wildman–Crippen LogP) is 5.71. The van der Waals surface area contributed by atoms with Crippen LogP contribution in [0.15, 0.2) is 96.4 Å². The van der Waals surface area contributed by atoms with Crippen molar-refractivity contribution in [1.29, 1.82) is 0 Å². The van der Waals surface area contributed by atoms with Gasteiger partial charge in [-0.2, -0.15) is 0 Å². The number of carbonyl (C=O) groups is 1. The normalized spacial score (nSPS) is 10.9. The summed E-state index contributed by atoms with van der Waals surface area (Å²) in [6.07, 6.45) is 0. The molecular weight excluding hydrogens is 390 g/mol. The third-order valence-electron chi connectivity index (χ3n) is 4.81. The molecule has 0 saturated carbocycles. The number of hydrogen-bond acceptors (Lipinski definition) is 4. The first kappa shape index (κ1) is 20.0. The van der Waals surface area contributed by atoms with Gasteiger partial charge in [-0.25, -0.2) is 4.98 Å². The molecule has 3 aromatic carbocycles. The molecule has 0 aliphatic carbocycles. The largest absolute Gasteiger partial charge is 0.301 e. The van der Waals surface area contributed by atoms with Gasteiger partial charge in [-0.15, -0.1) is 11.3 Å². The van der Waals surface area contributed by atoms with Crippen molar-refractivity contribution in [3.05, 3.63) is 113 Å². The van der Waals surface area contributed by atoms with Crippen molar-refractivity contribution in [1.82, 2.24) is 10.3 Å². The first-order valence-corrected chi connectivity index (χ1v) is 10.7. The second kappa shape index (κ2) is 9.48. The maximum Gasteiger partial charge on any atom is 0.230 e. The number of amides is 1. The second-order valence-electron chi connectivity index (χ2n) is 6.95. The minimum absolute atomic E-state index is 0.0542. The van der Waals surface area contributed by atoms with Gasteiger partial charge in [0.05, 0.1) is 17.4 Å². The van der Waals surface area contributed by atoms with Crippen LogP contribution >= 0.6 is 11.3 Å². The molecule has 0 bridgehead atoms. The number of para-hydroxylation sites is 1. The van der Waals surface area contributed by atoms with Gasteiger partial charge in [-0.05, 0) is 23.3 Å². The smallest absolute Gasteiger partial charge is 0.230 e. The van der Waals surface area contributed by atoms with Crippen molar-refractivity contribution < 1.29 is 4.79 Å². The Morgan fingerprint density at radius 2 is 1.43 bits per heavy atom. The van der Waals surface area contributed by atoms with Crippen LogP contribution in [0.25, 0.3) is 0 Å². The monoisotopic (exact) mass is 413 g/mol. The van der Waals surface area contributed by atoms with Gasteiger partial charge in [0.1, 0.15) is 0 Å². The molecule has 4 aromatic rings. The van der Waals surface area contributed by atoms with Crippen molar-refractivity contribution in [2.24, 2.45) is 0 Å². The van der Waals surface area contributed by atoms with Gasteiger partial charge in [0.2, 0.25) is 5.91 Å². The van der Waals surface area contributed by atoms with Crippen LogP contribution in [-0.4, -0.2) is 10.9 Å². The molecule has 4 nitrogen and oxygen atoms in total. The van der Waals surface area contributed by atoms with E-state index in [1.54, 1.807) is 11.8 Å². The first-order valence-electron chi connectivity index (χ1n) is 9.86. The summed E-state index contributed by atoms with van der Waals surface area (Å²) < 4.78 is 0. The SMILES string of the molecule is CC(=O)N(c1ccccc1)c1nc(CNC(c2ccccc2)c2ccccc2)cs1. The zero-order valence-corrected chi connectivity index (χ0v) is 17.5. The van der Waals surface area contributed by atoms with Crippen LogP contribution in [0, 0.1) is 0 Å². The lowest BCUT2D eigenvalue weighted by Gasteiger charge is -2.20. The molecule has 1 aromatic heterocycles. The van der Waals surface area contributed by atoms with Crippen LogP contribution in [0.5, 0.6) is 0 Å². The minimum Gasteiger partial charge on any atom is -0.301 e. The first-order chi connectivity index (χ1) is 14.7. The molecule has 1 amide bonds. The summed E-state index contributed by atoms with van der Waals surface area (Å²) in [7, 11) is 0. The van der Waals surface area contributed by atoms with Gasteiger partial charge in [-0.1, -0.05) is 78.9 Å². The molecule has 0 fully saturated rings. The maximum atomic E-state index is 12.3.